The molecule has 0 heterocycles. The van der Waals surface area contributed by atoms with Gasteiger partial charge in [-0.05, 0) is 43.9 Å². The second kappa shape index (κ2) is 15.9. The molecular weight excluding hydrogens is 443 g/mol. The van der Waals surface area contributed by atoms with Crippen LogP contribution < -0.4 is 16.0 Å². The van der Waals surface area contributed by atoms with Crippen LogP contribution in [0.15, 0.2) is 29.3 Å². The van der Waals surface area contributed by atoms with Crippen molar-refractivity contribution in [1.29, 1.82) is 0 Å². The van der Waals surface area contributed by atoms with Crippen molar-refractivity contribution in [1.82, 2.24) is 16.0 Å². The first kappa shape index (κ1) is 24.7. The van der Waals surface area contributed by atoms with Gasteiger partial charge in [0.2, 0.25) is 0 Å². The van der Waals surface area contributed by atoms with Crippen molar-refractivity contribution in [2.75, 3.05) is 33.4 Å². The number of unbranched alkanes of at least 4 members (excludes halogenated alkanes) is 1. The Morgan fingerprint density at radius 2 is 1.92 bits per heavy atom. The van der Waals surface area contributed by atoms with Crippen molar-refractivity contribution in [3.63, 3.8) is 0 Å². The number of hydrogen-bond acceptors (Lipinski definition) is 3. The minimum absolute atomic E-state index is 0. The SMILES string of the molecule is CCCNC(=O)c1cccc(CNC(=NC)NCCCCOCC)c1.I. The number of nitrogens with zero attached hydrogens (tertiary/aromatic N) is 1. The number of carbonyl (C=O) groups is 1. The minimum atomic E-state index is -0.0273. The summed E-state index contributed by atoms with van der Waals surface area (Å²) in [5.74, 6) is 0.734. The number of nitrogens with one attached hydrogen (secondary N) is 3. The Hall–Kier alpha value is -1.35. The van der Waals surface area contributed by atoms with Crippen LogP contribution in [0, 0.1) is 0 Å². The molecule has 1 aromatic rings. The summed E-state index contributed by atoms with van der Waals surface area (Å²) in [4.78, 5) is 16.2. The Morgan fingerprint density at radius 3 is 2.62 bits per heavy atom. The summed E-state index contributed by atoms with van der Waals surface area (Å²) in [6.07, 6.45) is 3.00. The normalized spacial score (nSPS) is 10.8. The molecule has 0 aromatic heterocycles. The predicted molar refractivity (Wildman–Crippen MR) is 118 cm³/mol. The number of amides is 1. The zero-order chi connectivity index (χ0) is 18.3. The first-order chi connectivity index (χ1) is 12.2. The third-order valence-corrected chi connectivity index (χ3v) is 3.62. The Labute approximate surface area is 174 Å². The molecule has 0 aliphatic rings. The Kier molecular flexibility index (Phi) is 15.0. The highest BCUT2D eigenvalue weighted by atomic mass is 127. The minimum Gasteiger partial charge on any atom is -0.382 e. The topological polar surface area (TPSA) is 74.8 Å². The summed E-state index contributed by atoms with van der Waals surface area (Å²) >= 11 is 0. The van der Waals surface area contributed by atoms with Crippen LogP contribution in [0.5, 0.6) is 0 Å². The molecule has 0 saturated carbocycles. The number of aliphatic imine (C=N–C) groups is 1. The number of halogens is 1. The molecule has 0 atom stereocenters. The van der Waals surface area contributed by atoms with Gasteiger partial charge in [0, 0.05) is 45.5 Å². The smallest absolute Gasteiger partial charge is 0.251 e. The zero-order valence-electron chi connectivity index (χ0n) is 16.1. The summed E-state index contributed by atoms with van der Waals surface area (Å²) in [5, 5.41) is 9.45. The second-order valence-corrected chi connectivity index (χ2v) is 5.71. The molecule has 6 nitrogen and oxygen atoms in total. The summed E-state index contributed by atoms with van der Waals surface area (Å²) in [6, 6.07) is 7.65. The maximum atomic E-state index is 12.0. The van der Waals surface area contributed by atoms with E-state index in [1.54, 1.807) is 7.05 Å². The van der Waals surface area contributed by atoms with E-state index < -0.39 is 0 Å². The molecule has 0 fully saturated rings. The van der Waals surface area contributed by atoms with E-state index in [1.165, 1.54) is 0 Å². The molecule has 1 rings (SSSR count). The predicted octanol–water partition coefficient (Wildman–Crippen LogP) is 2.93. The number of guanidine groups is 1. The van der Waals surface area contributed by atoms with Gasteiger partial charge in [-0.25, -0.2) is 0 Å². The average molecular weight is 476 g/mol. The van der Waals surface area contributed by atoms with E-state index in [0.29, 0.717) is 18.7 Å². The van der Waals surface area contributed by atoms with E-state index in [2.05, 4.69) is 20.9 Å². The lowest BCUT2D eigenvalue weighted by atomic mass is 10.1. The van der Waals surface area contributed by atoms with Crippen molar-refractivity contribution in [3.8, 4) is 0 Å². The molecule has 148 valence electrons. The quantitative estimate of drug-likeness (QED) is 0.199. The van der Waals surface area contributed by atoms with Gasteiger partial charge in [-0.3, -0.25) is 9.79 Å². The highest BCUT2D eigenvalue weighted by molar-refractivity contribution is 14.0. The van der Waals surface area contributed by atoms with Gasteiger partial charge in [0.1, 0.15) is 0 Å². The molecule has 7 heteroatoms. The molecular formula is C19H33IN4O2. The van der Waals surface area contributed by atoms with Crippen LogP contribution in [0.3, 0.4) is 0 Å². The number of rotatable bonds is 11. The molecule has 0 radical (unpaired) electrons. The lowest BCUT2D eigenvalue weighted by molar-refractivity contribution is 0.0953. The first-order valence-electron chi connectivity index (χ1n) is 9.10. The molecule has 0 unspecified atom stereocenters. The Balaban J connectivity index is 0.00000625. The van der Waals surface area contributed by atoms with Crippen LogP contribution in [0.2, 0.25) is 0 Å². The van der Waals surface area contributed by atoms with Crippen LogP contribution in [0.4, 0.5) is 0 Å². The van der Waals surface area contributed by atoms with Gasteiger partial charge >= 0.3 is 0 Å². The fraction of sp³-hybridized carbons (Fsp3) is 0.579. The molecule has 0 bridgehead atoms. The number of carbonyl (C=O) groups excluding carboxylic acids is 1. The lowest BCUT2D eigenvalue weighted by Gasteiger charge is -2.12. The standard InChI is InChI=1S/C19H32N4O2.HI/c1-4-11-21-18(24)17-10-8-9-16(14-17)15-23-19(20-3)22-12-6-7-13-25-5-2;/h8-10,14H,4-7,11-13,15H2,1-3H3,(H,21,24)(H2,20,22,23);1H. The zero-order valence-corrected chi connectivity index (χ0v) is 18.5. The fourth-order valence-electron chi connectivity index (χ4n) is 2.25. The summed E-state index contributed by atoms with van der Waals surface area (Å²) in [7, 11) is 1.75. The van der Waals surface area contributed by atoms with Gasteiger partial charge in [0.15, 0.2) is 5.96 Å². The monoisotopic (exact) mass is 476 g/mol. The number of ether oxygens (including phenoxy) is 1. The summed E-state index contributed by atoms with van der Waals surface area (Å²) < 4.78 is 5.32. The lowest BCUT2D eigenvalue weighted by Crippen LogP contribution is -2.37. The van der Waals surface area contributed by atoms with E-state index in [9.17, 15) is 4.79 Å². The van der Waals surface area contributed by atoms with Crippen LogP contribution in [0.1, 0.15) is 49.0 Å². The third-order valence-electron chi connectivity index (χ3n) is 3.62. The Bertz CT molecular complexity index is 538. The molecule has 1 aromatic carbocycles. The van der Waals surface area contributed by atoms with Crippen LogP contribution in [-0.2, 0) is 11.3 Å². The fourth-order valence-corrected chi connectivity index (χ4v) is 2.25. The van der Waals surface area contributed by atoms with Gasteiger partial charge < -0.3 is 20.7 Å². The third kappa shape index (κ3) is 10.6. The van der Waals surface area contributed by atoms with Gasteiger partial charge in [-0.15, -0.1) is 24.0 Å². The highest BCUT2D eigenvalue weighted by Crippen LogP contribution is 2.05. The Morgan fingerprint density at radius 1 is 1.12 bits per heavy atom. The molecule has 0 saturated heterocycles. The summed E-state index contributed by atoms with van der Waals surface area (Å²) in [5.41, 5.74) is 1.73. The van der Waals surface area contributed by atoms with Crippen LogP contribution in [0.25, 0.3) is 0 Å². The average Bonchev–Trinajstić information content (AvgIpc) is 2.65. The molecule has 0 spiro atoms. The van der Waals surface area contributed by atoms with Crippen molar-refractivity contribution >= 4 is 35.8 Å². The molecule has 26 heavy (non-hydrogen) atoms. The second-order valence-electron chi connectivity index (χ2n) is 5.71. The van der Waals surface area contributed by atoms with E-state index in [-0.39, 0.29) is 29.9 Å². The molecule has 0 aliphatic carbocycles. The van der Waals surface area contributed by atoms with Crippen molar-refractivity contribution in [2.45, 2.75) is 39.7 Å². The van der Waals surface area contributed by atoms with Gasteiger partial charge in [0.05, 0.1) is 0 Å². The maximum Gasteiger partial charge on any atom is 0.251 e. The van der Waals surface area contributed by atoms with Gasteiger partial charge in [-0.1, -0.05) is 19.1 Å². The molecule has 3 N–H and O–H groups in total. The van der Waals surface area contributed by atoms with Crippen molar-refractivity contribution in [3.05, 3.63) is 35.4 Å². The molecule has 1 amide bonds. The van der Waals surface area contributed by atoms with E-state index >= 15 is 0 Å². The van der Waals surface area contributed by atoms with E-state index in [1.807, 2.05) is 38.1 Å². The summed E-state index contributed by atoms with van der Waals surface area (Å²) in [6.45, 7) is 7.78. The van der Waals surface area contributed by atoms with Gasteiger partial charge in [-0.2, -0.15) is 0 Å². The van der Waals surface area contributed by atoms with Crippen molar-refractivity contribution in [2.24, 2.45) is 4.99 Å². The maximum absolute atomic E-state index is 12.0. The number of hydrogen-bond donors (Lipinski definition) is 3. The van der Waals surface area contributed by atoms with E-state index in [0.717, 1.165) is 50.5 Å². The van der Waals surface area contributed by atoms with E-state index in [4.69, 9.17) is 4.74 Å². The molecule has 0 aliphatic heterocycles. The van der Waals surface area contributed by atoms with Crippen molar-refractivity contribution < 1.29 is 9.53 Å². The number of benzene rings is 1. The van der Waals surface area contributed by atoms with Gasteiger partial charge in [0.25, 0.3) is 5.91 Å². The first-order valence-corrected chi connectivity index (χ1v) is 9.10. The van der Waals surface area contributed by atoms with Crippen LogP contribution >= 0.6 is 24.0 Å². The highest BCUT2D eigenvalue weighted by Gasteiger charge is 2.05. The van der Waals surface area contributed by atoms with Crippen LogP contribution in [-0.4, -0.2) is 45.2 Å². The largest absolute Gasteiger partial charge is 0.382 e.